The number of pyridine rings is 2. The van der Waals surface area contributed by atoms with Gasteiger partial charge in [-0.2, -0.15) is 0 Å². The summed E-state index contributed by atoms with van der Waals surface area (Å²) in [4.78, 5) is 9.59. The first-order valence-electron chi connectivity index (χ1n) is 7.68. The molecule has 0 saturated heterocycles. The van der Waals surface area contributed by atoms with Crippen LogP contribution in [0.1, 0.15) is 35.3 Å². The molecule has 2 unspecified atom stereocenters. The summed E-state index contributed by atoms with van der Waals surface area (Å²) >= 11 is 0. The van der Waals surface area contributed by atoms with Gasteiger partial charge in [-0.3, -0.25) is 0 Å². The fraction of sp³-hybridized carbons (Fsp3) is 0.222. The summed E-state index contributed by atoms with van der Waals surface area (Å²) < 4.78 is 4.27. The average Bonchev–Trinajstić information content (AvgIpc) is 3.10. The van der Waals surface area contributed by atoms with Gasteiger partial charge in [-0.05, 0) is 37.6 Å². The van der Waals surface area contributed by atoms with Crippen molar-refractivity contribution < 1.29 is 0 Å². The van der Waals surface area contributed by atoms with Crippen LogP contribution < -0.4 is 0 Å². The standard InChI is InChI=1S/C18H16N4/c1-12-18(20-17-7-3-5-9-22(12)17)14-10-13(14)15-11-21-8-4-2-6-16(21)19-15/h2-9,11,13-14H,10H2,1H3. The van der Waals surface area contributed by atoms with Gasteiger partial charge in [0.15, 0.2) is 0 Å². The van der Waals surface area contributed by atoms with Gasteiger partial charge in [0.25, 0.3) is 0 Å². The van der Waals surface area contributed by atoms with Crippen molar-refractivity contribution in [1.82, 2.24) is 18.8 Å². The molecule has 4 aromatic heterocycles. The molecule has 0 bridgehead atoms. The van der Waals surface area contributed by atoms with E-state index in [1.54, 1.807) is 0 Å². The first-order chi connectivity index (χ1) is 10.8. The van der Waals surface area contributed by atoms with Crippen LogP contribution in [0.5, 0.6) is 0 Å². The van der Waals surface area contributed by atoms with Crippen LogP contribution in [0.2, 0.25) is 0 Å². The fourth-order valence-corrected chi connectivity index (χ4v) is 3.44. The molecule has 22 heavy (non-hydrogen) atoms. The predicted octanol–water partition coefficient (Wildman–Crippen LogP) is 3.56. The van der Waals surface area contributed by atoms with Gasteiger partial charge in [-0.15, -0.1) is 0 Å². The lowest BCUT2D eigenvalue weighted by atomic mass is 10.2. The molecule has 0 aromatic carbocycles. The van der Waals surface area contributed by atoms with E-state index in [0.29, 0.717) is 11.8 Å². The van der Waals surface area contributed by atoms with Crippen LogP contribution in [0.3, 0.4) is 0 Å². The first-order valence-corrected chi connectivity index (χ1v) is 7.68. The maximum Gasteiger partial charge on any atom is 0.137 e. The minimum atomic E-state index is 0.503. The van der Waals surface area contributed by atoms with E-state index in [2.05, 4.69) is 52.5 Å². The molecule has 0 amide bonds. The van der Waals surface area contributed by atoms with Crippen molar-refractivity contribution in [3.8, 4) is 0 Å². The molecule has 1 aliphatic carbocycles. The Balaban J connectivity index is 1.53. The molecule has 108 valence electrons. The molecule has 0 N–H and O–H groups in total. The van der Waals surface area contributed by atoms with Crippen LogP contribution in [0.15, 0.2) is 55.0 Å². The Morgan fingerprint density at radius 2 is 1.77 bits per heavy atom. The Hall–Kier alpha value is -2.62. The number of hydrogen-bond donors (Lipinski definition) is 0. The number of aromatic nitrogens is 4. The molecule has 4 heteroatoms. The molecule has 0 aliphatic heterocycles. The molecule has 2 atom stereocenters. The van der Waals surface area contributed by atoms with Gasteiger partial charge in [0, 0.05) is 36.1 Å². The quantitative estimate of drug-likeness (QED) is 0.565. The van der Waals surface area contributed by atoms with Crippen LogP contribution in [0, 0.1) is 6.92 Å². The average molecular weight is 288 g/mol. The van der Waals surface area contributed by atoms with Gasteiger partial charge in [0.1, 0.15) is 11.3 Å². The molecule has 4 aromatic rings. The van der Waals surface area contributed by atoms with Crippen LogP contribution in [0.4, 0.5) is 0 Å². The summed E-state index contributed by atoms with van der Waals surface area (Å²) in [5.41, 5.74) is 5.73. The van der Waals surface area contributed by atoms with Crippen LogP contribution in [-0.2, 0) is 0 Å². The highest BCUT2D eigenvalue weighted by Gasteiger charge is 2.43. The molecule has 4 nitrogen and oxygen atoms in total. The Kier molecular flexibility index (Phi) is 2.28. The maximum atomic E-state index is 4.83. The zero-order chi connectivity index (χ0) is 14.7. The van der Waals surface area contributed by atoms with E-state index in [1.807, 2.05) is 18.2 Å². The molecule has 5 rings (SSSR count). The second-order valence-corrected chi connectivity index (χ2v) is 6.09. The second-order valence-electron chi connectivity index (χ2n) is 6.09. The van der Waals surface area contributed by atoms with Crippen molar-refractivity contribution in [1.29, 1.82) is 0 Å². The molecule has 1 saturated carbocycles. The first kappa shape index (κ1) is 12.0. The number of fused-ring (bicyclic) bond motifs is 2. The monoisotopic (exact) mass is 288 g/mol. The fourth-order valence-electron chi connectivity index (χ4n) is 3.44. The zero-order valence-electron chi connectivity index (χ0n) is 12.3. The molecule has 1 aliphatic rings. The van der Waals surface area contributed by atoms with Gasteiger partial charge in [-0.1, -0.05) is 12.1 Å². The number of imidazole rings is 2. The number of hydrogen-bond acceptors (Lipinski definition) is 2. The summed E-state index contributed by atoms with van der Waals surface area (Å²) in [6, 6.07) is 12.3. The lowest BCUT2D eigenvalue weighted by Crippen LogP contribution is -1.89. The Bertz CT molecular complexity index is 962. The third kappa shape index (κ3) is 1.64. The van der Waals surface area contributed by atoms with Crippen molar-refractivity contribution in [2.75, 3.05) is 0 Å². The highest BCUT2D eigenvalue weighted by atomic mass is 15.0. The van der Waals surface area contributed by atoms with Crippen LogP contribution >= 0.6 is 0 Å². The van der Waals surface area contributed by atoms with E-state index >= 15 is 0 Å². The van der Waals surface area contributed by atoms with E-state index in [4.69, 9.17) is 9.97 Å². The topological polar surface area (TPSA) is 34.6 Å². The van der Waals surface area contributed by atoms with Crippen molar-refractivity contribution in [2.45, 2.75) is 25.2 Å². The molecular formula is C18H16N4. The normalized spacial score (nSPS) is 20.8. The number of nitrogens with zero attached hydrogens (tertiary/aromatic N) is 4. The third-order valence-corrected chi connectivity index (χ3v) is 4.71. The molecule has 0 radical (unpaired) electrons. The van der Waals surface area contributed by atoms with E-state index in [1.165, 1.54) is 17.1 Å². The van der Waals surface area contributed by atoms with E-state index in [0.717, 1.165) is 17.7 Å². The SMILES string of the molecule is Cc1c(C2CC2c2cn3ccccc3n2)nc2ccccn12. The maximum absolute atomic E-state index is 4.83. The predicted molar refractivity (Wildman–Crippen MR) is 85.2 cm³/mol. The van der Waals surface area contributed by atoms with E-state index in [-0.39, 0.29) is 0 Å². The van der Waals surface area contributed by atoms with Crippen molar-refractivity contribution in [3.63, 3.8) is 0 Å². The number of aryl methyl sites for hydroxylation is 1. The Labute approximate surface area is 128 Å². The van der Waals surface area contributed by atoms with Crippen LogP contribution in [-0.4, -0.2) is 18.8 Å². The summed E-state index contributed by atoms with van der Waals surface area (Å²) in [5.74, 6) is 1.01. The smallest absolute Gasteiger partial charge is 0.137 e. The zero-order valence-corrected chi connectivity index (χ0v) is 12.3. The highest BCUT2D eigenvalue weighted by molar-refractivity contribution is 5.47. The highest BCUT2D eigenvalue weighted by Crippen LogP contribution is 2.54. The van der Waals surface area contributed by atoms with Crippen molar-refractivity contribution in [2.24, 2.45) is 0 Å². The summed E-state index contributed by atoms with van der Waals surface area (Å²) in [7, 11) is 0. The molecule has 0 spiro atoms. The second kappa shape index (κ2) is 4.19. The summed E-state index contributed by atoms with van der Waals surface area (Å²) in [6.07, 6.45) is 7.45. The third-order valence-electron chi connectivity index (χ3n) is 4.71. The molecule has 1 fully saturated rings. The van der Waals surface area contributed by atoms with Crippen LogP contribution in [0.25, 0.3) is 11.3 Å². The summed E-state index contributed by atoms with van der Waals surface area (Å²) in [5, 5.41) is 0. The van der Waals surface area contributed by atoms with Gasteiger partial charge < -0.3 is 8.80 Å². The van der Waals surface area contributed by atoms with E-state index in [9.17, 15) is 0 Å². The lowest BCUT2D eigenvalue weighted by molar-refractivity contribution is 0.940. The number of rotatable bonds is 2. The van der Waals surface area contributed by atoms with Gasteiger partial charge in [0.05, 0.1) is 11.4 Å². The van der Waals surface area contributed by atoms with E-state index < -0.39 is 0 Å². The summed E-state index contributed by atoms with van der Waals surface area (Å²) in [6.45, 7) is 2.16. The van der Waals surface area contributed by atoms with Gasteiger partial charge in [0.2, 0.25) is 0 Å². The van der Waals surface area contributed by atoms with Crippen molar-refractivity contribution in [3.05, 3.63) is 72.1 Å². The van der Waals surface area contributed by atoms with Gasteiger partial charge in [-0.25, -0.2) is 9.97 Å². The van der Waals surface area contributed by atoms with Gasteiger partial charge >= 0.3 is 0 Å². The molecule has 4 heterocycles. The minimum absolute atomic E-state index is 0.503. The molecular weight excluding hydrogens is 272 g/mol. The Morgan fingerprint density at radius 3 is 2.59 bits per heavy atom. The lowest BCUT2D eigenvalue weighted by Gasteiger charge is -1.97. The van der Waals surface area contributed by atoms with Crippen molar-refractivity contribution >= 4 is 11.3 Å². The Morgan fingerprint density at radius 1 is 0.955 bits per heavy atom. The minimum Gasteiger partial charge on any atom is -0.307 e. The largest absolute Gasteiger partial charge is 0.307 e.